The zero-order chi connectivity index (χ0) is 45.2. The number of para-hydroxylation sites is 4. The van der Waals surface area contributed by atoms with E-state index in [9.17, 15) is 13.2 Å². The average molecular weight is 873 g/mol. The molecule has 0 saturated heterocycles. The van der Waals surface area contributed by atoms with Gasteiger partial charge in [0, 0.05) is 49.4 Å². The van der Waals surface area contributed by atoms with Crippen molar-refractivity contribution < 1.29 is 13.2 Å². The van der Waals surface area contributed by atoms with Gasteiger partial charge < -0.3 is 9.13 Å². The van der Waals surface area contributed by atoms with Gasteiger partial charge in [-0.05, 0) is 72.6 Å². The van der Waals surface area contributed by atoms with Gasteiger partial charge in [-0.25, -0.2) is 9.97 Å². The van der Waals surface area contributed by atoms with E-state index in [1.807, 2.05) is 78.9 Å². The van der Waals surface area contributed by atoms with Crippen LogP contribution in [0.15, 0.2) is 218 Å². The summed E-state index contributed by atoms with van der Waals surface area (Å²) in [7, 11) is 0. The monoisotopic (exact) mass is 872 g/mol. The van der Waals surface area contributed by atoms with Crippen LogP contribution in [0.1, 0.15) is 11.1 Å². The van der Waals surface area contributed by atoms with Gasteiger partial charge in [0.25, 0.3) is 0 Å². The first-order valence-electron chi connectivity index (χ1n) is 22.2. The summed E-state index contributed by atoms with van der Waals surface area (Å²) in [5, 5.41) is 4.05. The fourth-order valence-electron chi connectivity index (χ4n) is 9.88. The number of halogens is 3. The Bertz CT molecular complexity index is 3750. The Morgan fingerprint density at radius 1 is 0.373 bits per heavy atom. The number of aryl methyl sites for hydroxylation is 1. The molecular formula is C60H39F3N4. The second kappa shape index (κ2) is 15.9. The summed E-state index contributed by atoms with van der Waals surface area (Å²) in [5.41, 5.74) is 12.4. The second-order valence-electron chi connectivity index (χ2n) is 16.9. The van der Waals surface area contributed by atoms with Gasteiger partial charge in [0.15, 0.2) is 5.82 Å². The predicted molar refractivity (Wildman–Crippen MR) is 268 cm³/mol. The third-order valence-electron chi connectivity index (χ3n) is 12.8. The fraction of sp³-hybridized carbons (Fsp3) is 0.0333. The largest absolute Gasteiger partial charge is 0.417 e. The summed E-state index contributed by atoms with van der Waals surface area (Å²) in [5.74, 6) is 0.552. The van der Waals surface area contributed by atoms with Crippen LogP contribution < -0.4 is 0 Å². The number of alkyl halides is 3. The van der Waals surface area contributed by atoms with Crippen molar-refractivity contribution in [3.8, 4) is 67.5 Å². The van der Waals surface area contributed by atoms with Gasteiger partial charge in [0.05, 0.1) is 50.4 Å². The van der Waals surface area contributed by atoms with Crippen molar-refractivity contribution in [3.63, 3.8) is 0 Å². The zero-order valence-corrected chi connectivity index (χ0v) is 36.2. The van der Waals surface area contributed by atoms with Gasteiger partial charge in [-0.2, -0.15) is 13.2 Å². The van der Waals surface area contributed by atoms with Gasteiger partial charge in [0.1, 0.15) is 0 Å². The lowest BCUT2D eigenvalue weighted by Crippen LogP contribution is -2.07. The molecule has 0 bridgehead atoms. The highest BCUT2D eigenvalue weighted by Crippen LogP contribution is 2.46. The molecule has 12 rings (SSSR count). The van der Waals surface area contributed by atoms with Crippen LogP contribution in [0, 0.1) is 6.92 Å². The molecule has 0 spiro atoms. The molecule has 0 atom stereocenters. The predicted octanol–water partition coefficient (Wildman–Crippen LogP) is 16.3. The van der Waals surface area contributed by atoms with Crippen LogP contribution in [0.25, 0.3) is 111 Å². The Kier molecular flexibility index (Phi) is 9.47. The summed E-state index contributed by atoms with van der Waals surface area (Å²) < 4.78 is 48.5. The van der Waals surface area contributed by atoms with E-state index < -0.39 is 11.7 Å². The fourth-order valence-corrected chi connectivity index (χ4v) is 9.88. The van der Waals surface area contributed by atoms with Crippen LogP contribution in [-0.4, -0.2) is 19.1 Å². The first kappa shape index (κ1) is 40.0. The molecule has 320 valence electrons. The van der Waals surface area contributed by atoms with Crippen molar-refractivity contribution in [1.29, 1.82) is 0 Å². The Hall–Kier alpha value is -8.55. The first-order chi connectivity index (χ1) is 32.8. The molecule has 9 aromatic carbocycles. The van der Waals surface area contributed by atoms with E-state index in [4.69, 9.17) is 9.97 Å². The number of benzene rings is 9. The molecule has 3 heterocycles. The maximum absolute atomic E-state index is 14.6. The van der Waals surface area contributed by atoms with Crippen molar-refractivity contribution >= 4 is 43.6 Å². The molecule has 0 aliphatic heterocycles. The molecule has 7 heteroatoms. The molecule has 3 aromatic heterocycles. The highest BCUT2D eigenvalue weighted by molar-refractivity contribution is 6.13. The van der Waals surface area contributed by atoms with Crippen LogP contribution in [0.2, 0.25) is 0 Å². The molecule has 12 aromatic rings. The third-order valence-corrected chi connectivity index (χ3v) is 12.8. The Balaban J connectivity index is 1.19. The molecule has 0 saturated carbocycles. The Morgan fingerprint density at radius 2 is 0.866 bits per heavy atom. The number of nitrogens with zero attached hydrogens (tertiary/aromatic N) is 4. The number of aromatic nitrogens is 4. The molecule has 0 aliphatic carbocycles. The highest BCUT2D eigenvalue weighted by atomic mass is 19.4. The van der Waals surface area contributed by atoms with E-state index in [1.54, 1.807) is 19.1 Å². The van der Waals surface area contributed by atoms with E-state index >= 15 is 0 Å². The van der Waals surface area contributed by atoms with Crippen LogP contribution >= 0.6 is 0 Å². The smallest absolute Gasteiger partial charge is 0.309 e. The summed E-state index contributed by atoms with van der Waals surface area (Å²) in [6.45, 7) is 1.69. The topological polar surface area (TPSA) is 35.6 Å². The van der Waals surface area contributed by atoms with Crippen LogP contribution in [0.3, 0.4) is 0 Å². The van der Waals surface area contributed by atoms with Crippen molar-refractivity contribution in [1.82, 2.24) is 19.1 Å². The highest BCUT2D eigenvalue weighted by Gasteiger charge is 2.34. The van der Waals surface area contributed by atoms with E-state index in [0.29, 0.717) is 17.0 Å². The normalized spacial score (nSPS) is 11.9. The summed E-state index contributed by atoms with van der Waals surface area (Å²) in [6, 6.07) is 72.5. The van der Waals surface area contributed by atoms with E-state index in [2.05, 4.69) is 130 Å². The van der Waals surface area contributed by atoms with Gasteiger partial charge in [-0.15, -0.1) is 0 Å². The van der Waals surface area contributed by atoms with Gasteiger partial charge in [0.2, 0.25) is 0 Å². The summed E-state index contributed by atoms with van der Waals surface area (Å²) >= 11 is 0. The van der Waals surface area contributed by atoms with Gasteiger partial charge >= 0.3 is 6.18 Å². The lowest BCUT2D eigenvalue weighted by Gasteiger charge is -2.21. The van der Waals surface area contributed by atoms with Crippen LogP contribution in [0.5, 0.6) is 0 Å². The molecule has 0 aliphatic rings. The van der Waals surface area contributed by atoms with E-state index in [0.717, 1.165) is 94.2 Å². The maximum atomic E-state index is 14.6. The van der Waals surface area contributed by atoms with E-state index in [-0.39, 0.29) is 5.56 Å². The van der Waals surface area contributed by atoms with Crippen molar-refractivity contribution in [3.05, 3.63) is 230 Å². The van der Waals surface area contributed by atoms with Gasteiger partial charge in [-0.3, -0.25) is 0 Å². The number of hydrogen-bond donors (Lipinski definition) is 0. The second-order valence-corrected chi connectivity index (χ2v) is 16.9. The SMILES string of the molecule is Cc1ccc(-c2ccc3c(c2)c2ccccc2n3-c2cccc(-c3nc(-c4ccccc4)cc(-c4ccccc4)n3)c2-c2ccccc2-n2c3ccccc3c3ccccc32)c(C(F)(F)F)c1. The van der Waals surface area contributed by atoms with Crippen LogP contribution in [0.4, 0.5) is 13.2 Å². The Morgan fingerprint density at radius 3 is 1.48 bits per heavy atom. The number of fused-ring (bicyclic) bond motifs is 6. The van der Waals surface area contributed by atoms with Crippen molar-refractivity contribution in [2.24, 2.45) is 0 Å². The zero-order valence-electron chi connectivity index (χ0n) is 36.2. The molecule has 0 amide bonds. The van der Waals surface area contributed by atoms with Crippen molar-refractivity contribution in [2.45, 2.75) is 13.1 Å². The molecular weight excluding hydrogens is 834 g/mol. The molecule has 67 heavy (non-hydrogen) atoms. The van der Waals surface area contributed by atoms with Crippen molar-refractivity contribution in [2.75, 3.05) is 0 Å². The quantitative estimate of drug-likeness (QED) is 0.160. The Labute approximate surface area is 384 Å². The molecule has 0 radical (unpaired) electrons. The van der Waals surface area contributed by atoms with Gasteiger partial charge in [-0.1, -0.05) is 169 Å². The first-order valence-corrected chi connectivity index (χ1v) is 22.2. The minimum Gasteiger partial charge on any atom is -0.309 e. The number of rotatable bonds is 7. The molecule has 0 unspecified atom stereocenters. The lowest BCUT2D eigenvalue weighted by molar-refractivity contribution is -0.137. The maximum Gasteiger partial charge on any atom is 0.417 e. The van der Waals surface area contributed by atoms with Crippen LogP contribution in [-0.2, 0) is 6.18 Å². The molecule has 0 fully saturated rings. The van der Waals surface area contributed by atoms with E-state index in [1.165, 1.54) is 6.07 Å². The minimum absolute atomic E-state index is 0.143. The average Bonchev–Trinajstić information content (AvgIpc) is 3.89. The molecule has 4 nitrogen and oxygen atoms in total. The third kappa shape index (κ3) is 6.78. The minimum atomic E-state index is -4.52. The molecule has 0 N–H and O–H groups in total. The standard InChI is InChI=1S/C60H39F3N4/c1-38-31-33-42(49(35-38)60(61,62)63)41-32-34-56-48(36-41)45-23-10-14-28-54(45)67(56)57-30-16-25-47(59-64-50(39-17-4-2-5-18-39)37-51(65-59)40-19-6-3-7-20-40)58(57)46-24-11-15-29-55(46)66-52-26-12-8-21-43(52)44-22-9-13-27-53(44)66/h2-37H,1H3. The summed E-state index contributed by atoms with van der Waals surface area (Å²) in [6.07, 6.45) is -4.52. The lowest BCUT2D eigenvalue weighted by atomic mass is 9.94. The number of hydrogen-bond acceptors (Lipinski definition) is 2. The summed E-state index contributed by atoms with van der Waals surface area (Å²) in [4.78, 5) is 10.8.